The molecule has 4 rings (SSSR count). The quantitative estimate of drug-likeness (QED) is 0.285. The second-order valence-corrected chi connectivity index (χ2v) is 8.37. The SMILES string of the molecule is CCCn1c(C(CC)Nc2ncnc(N)c2C(=N)c2ccc(OC)c(F)c2)nc2cccc(F)c2c1=O. The number of halogens is 2. The number of rotatable bonds is 9. The number of nitrogen functional groups attached to an aromatic ring is 1. The highest BCUT2D eigenvalue weighted by atomic mass is 19.1. The molecule has 11 heteroatoms. The molecule has 0 aliphatic heterocycles. The van der Waals surface area contributed by atoms with Crippen LogP contribution in [0.3, 0.4) is 0 Å². The molecule has 192 valence electrons. The summed E-state index contributed by atoms with van der Waals surface area (Å²) in [7, 11) is 1.35. The van der Waals surface area contributed by atoms with Gasteiger partial charge in [-0.15, -0.1) is 0 Å². The monoisotopic (exact) mass is 507 g/mol. The number of hydrogen-bond donors (Lipinski definition) is 3. The average molecular weight is 508 g/mol. The molecule has 4 aromatic rings. The summed E-state index contributed by atoms with van der Waals surface area (Å²) in [5.41, 5.74) is 6.23. The molecule has 0 amide bonds. The van der Waals surface area contributed by atoms with E-state index in [-0.39, 0.29) is 45.1 Å². The van der Waals surface area contributed by atoms with Crippen LogP contribution in [0.2, 0.25) is 0 Å². The third-order valence-electron chi connectivity index (χ3n) is 6.01. The summed E-state index contributed by atoms with van der Waals surface area (Å²) >= 11 is 0. The van der Waals surface area contributed by atoms with Gasteiger partial charge in [-0.1, -0.05) is 19.9 Å². The molecule has 1 atom stereocenters. The van der Waals surface area contributed by atoms with Gasteiger partial charge < -0.3 is 15.8 Å². The van der Waals surface area contributed by atoms with Crippen molar-refractivity contribution in [3.63, 3.8) is 0 Å². The predicted molar refractivity (Wildman–Crippen MR) is 138 cm³/mol. The summed E-state index contributed by atoms with van der Waals surface area (Å²) in [5.74, 6) is -0.565. The van der Waals surface area contributed by atoms with Crippen LogP contribution in [-0.2, 0) is 6.54 Å². The van der Waals surface area contributed by atoms with Crippen LogP contribution in [0.15, 0.2) is 47.5 Å². The lowest BCUT2D eigenvalue weighted by Gasteiger charge is -2.23. The lowest BCUT2D eigenvalue weighted by atomic mass is 10.0. The van der Waals surface area contributed by atoms with E-state index in [1.165, 1.54) is 48.3 Å². The second kappa shape index (κ2) is 10.7. The molecule has 2 aromatic carbocycles. The van der Waals surface area contributed by atoms with E-state index < -0.39 is 23.2 Å². The number of anilines is 2. The van der Waals surface area contributed by atoms with E-state index in [1.54, 1.807) is 6.07 Å². The lowest BCUT2D eigenvalue weighted by Crippen LogP contribution is -2.30. The lowest BCUT2D eigenvalue weighted by molar-refractivity contribution is 0.386. The van der Waals surface area contributed by atoms with E-state index in [9.17, 15) is 13.6 Å². The van der Waals surface area contributed by atoms with Crippen molar-refractivity contribution in [2.24, 2.45) is 0 Å². The minimum Gasteiger partial charge on any atom is -0.494 e. The molecular formula is C26H27F2N7O2. The molecule has 9 nitrogen and oxygen atoms in total. The van der Waals surface area contributed by atoms with Crippen LogP contribution in [0.25, 0.3) is 10.9 Å². The fourth-order valence-electron chi connectivity index (χ4n) is 4.18. The summed E-state index contributed by atoms with van der Waals surface area (Å²) in [6.07, 6.45) is 2.35. The average Bonchev–Trinajstić information content (AvgIpc) is 2.88. The van der Waals surface area contributed by atoms with Crippen molar-refractivity contribution in [1.82, 2.24) is 19.5 Å². The van der Waals surface area contributed by atoms with Crippen LogP contribution in [0.1, 0.15) is 49.7 Å². The summed E-state index contributed by atoms with van der Waals surface area (Å²) in [6, 6.07) is 7.92. The van der Waals surface area contributed by atoms with Crippen molar-refractivity contribution in [2.75, 3.05) is 18.2 Å². The maximum absolute atomic E-state index is 14.5. The van der Waals surface area contributed by atoms with E-state index in [4.69, 9.17) is 15.9 Å². The van der Waals surface area contributed by atoms with Crippen molar-refractivity contribution in [3.05, 3.63) is 81.7 Å². The summed E-state index contributed by atoms with van der Waals surface area (Å²) in [4.78, 5) is 26.2. The molecule has 4 N–H and O–H groups in total. The van der Waals surface area contributed by atoms with Crippen LogP contribution < -0.4 is 21.3 Å². The highest BCUT2D eigenvalue weighted by molar-refractivity contribution is 6.16. The van der Waals surface area contributed by atoms with Crippen molar-refractivity contribution in [1.29, 1.82) is 5.41 Å². The van der Waals surface area contributed by atoms with Crippen molar-refractivity contribution in [3.8, 4) is 5.75 Å². The van der Waals surface area contributed by atoms with Crippen LogP contribution in [0.4, 0.5) is 20.4 Å². The zero-order chi connectivity index (χ0) is 26.7. The first kappa shape index (κ1) is 25.7. The van der Waals surface area contributed by atoms with Gasteiger partial charge in [-0.25, -0.2) is 23.7 Å². The number of ether oxygens (including phenoxy) is 1. The minimum atomic E-state index is -0.628. The van der Waals surface area contributed by atoms with Gasteiger partial charge in [0.25, 0.3) is 5.56 Å². The molecule has 2 aromatic heterocycles. The zero-order valence-corrected chi connectivity index (χ0v) is 20.7. The Morgan fingerprint density at radius 1 is 1.19 bits per heavy atom. The molecule has 1 unspecified atom stereocenters. The highest BCUT2D eigenvalue weighted by Crippen LogP contribution is 2.28. The number of methoxy groups -OCH3 is 1. The summed E-state index contributed by atoms with van der Waals surface area (Å²) < 4.78 is 35.3. The van der Waals surface area contributed by atoms with Gasteiger partial charge in [0.1, 0.15) is 35.0 Å². The molecule has 37 heavy (non-hydrogen) atoms. The topological polar surface area (TPSA) is 132 Å². The Hall–Kier alpha value is -4.41. The first-order valence-electron chi connectivity index (χ1n) is 11.8. The van der Waals surface area contributed by atoms with E-state index >= 15 is 0 Å². The third-order valence-corrected chi connectivity index (χ3v) is 6.01. The first-order chi connectivity index (χ1) is 17.8. The Labute approximate surface area is 211 Å². The maximum atomic E-state index is 14.5. The Kier molecular flexibility index (Phi) is 7.42. The van der Waals surface area contributed by atoms with Gasteiger partial charge in [-0.2, -0.15) is 0 Å². The third kappa shape index (κ3) is 4.84. The van der Waals surface area contributed by atoms with Gasteiger partial charge in [0.15, 0.2) is 11.6 Å². The van der Waals surface area contributed by atoms with E-state index in [2.05, 4.69) is 20.3 Å². The second-order valence-electron chi connectivity index (χ2n) is 8.37. The Morgan fingerprint density at radius 3 is 2.65 bits per heavy atom. The fourth-order valence-corrected chi connectivity index (χ4v) is 4.18. The molecule has 0 aliphatic rings. The maximum Gasteiger partial charge on any atom is 0.264 e. The normalized spacial score (nSPS) is 11.9. The number of fused-ring (bicyclic) bond motifs is 1. The van der Waals surface area contributed by atoms with Gasteiger partial charge in [-0.3, -0.25) is 14.8 Å². The van der Waals surface area contributed by atoms with Gasteiger partial charge >= 0.3 is 0 Å². The Morgan fingerprint density at radius 2 is 1.97 bits per heavy atom. The van der Waals surface area contributed by atoms with Crippen LogP contribution in [-0.4, -0.2) is 32.3 Å². The number of aromatic nitrogens is 4. The standard InChI is InChI=1S/C26H27F2N7O2/c1-4-11-35-25(34-18-8-6-7-15(27)20(18)26(35)36)17(5-2)33-24-21(23(30)31-13-32-24)22(29)14-9-10-19(37-3)16(28)12-14/h6-10,12-13,17,29H,4-5,11H2,1-3H3,(H3,30,31,32,33). The summed E-state index contributed by atoms with van der Waals surface area (Å²) in [6.45, 7) is 4.14. The van der Waals surface area contributed by atoms with Gasteiger partial charge in [0.2, 0.25) is 0 Å². The van der Waals surface area contributed by atoms with Gasteiger partial charge in [0.05, 0.1) is 29.9 Å². The number of nitrogens with zero attached hydrogens (tertiary/aromatic N) is 4. The number of hydrogen-bond acceptors (Lipinski definition) is 8. The number of nitrogens with two attached hydrogens (primary N) is 1. The highest BCUT2D eigenvalue weighted by Gasteiger charge is 2.24. The number of nitrogens with one attached hydrogen (secondary N) is 2. The van der Waals surface area contributed by atoms with Crippen molar-refractivity contribution >= 4 is 28.3 Å². The number of benzene rings is 2. The molecule has 2 heterocycles. The molecule has 0 aliphatic carbocycles. The van der Waals surface area contributed by atoms with Gasteiger partial charge in [0, 0.05) is 12.1 Å². The van der Waals surface area contributed by atoms with E-state index in [1.807, 2.05) is 13.8 Å². The molecule has 0 saturated carbocycles. The van der Waals surface area contributed by atoms with Crippen LogP contribution >= 0.6 is 0 Å². The van der Waals surface area contributed by atoms with Gasteiger partial charge in [-0.05, 0) is 43.2 Å². The minimum absolute atomic E-state index is 0.0214. The van der Waals surface area contributed by atoms with E-state index in [0.29, 0.717) is 25.2 Å². The fraction of sp³-hybridized carbons (Fsp3) is 0.269. The largest absolute Gasteiger partial charge is 0.494 e. The predicted octanol–water partition coefficient (Wildman–Crippen LogP) is 4.44. The van der Waals surface area contributed by atoms with E-state index in [0.717, 1.165) is 0 Å². The summed E-state index contributed by atoms with van der Waals surface area (Å²) in [5, 5.41) is 11.9. The Balaban J connectivity index is 1.81. The zero-order valence-electron chi connectivity index (χ0n) is 20.7. The van der Waals surface area contributed by atoms with Crippen LogP contribution in [0.5, 0.6) is 5.75 Å². The molecule has 0 spiro atoms. The smallest absolute Gasteiger partial charge is 0.264 e. The molecular weight excluding hydrogens is 480 g/mol. The Bertz CT molecular complexity index is 1540. The molecule has 0 fully saturated rings. The first-order valence-corrected chi connectivity index (χ1v) is 11.8. The van der Waals surface area contributed by atoms with Crippen molar-refractivity contribution < 1.29 is 13.5 Å². The van der Waals surface area contributed by atoms with Crippen molar-refractivity contribution in [2.45, 2.75) is 39.3 Å². The molecule has 0 radical (unpaired) electrons. The molecule has 0 bridgehead atoms. The molecule has 0 saturated heterocycles. The van der Waals surface area contributed by atoms with Crippen LogP contribution in [0, 0.1) is 17.0 Å².